The average molecular weight is 448 g/mol. The average Bonchev–Trinajstić information content (AvgIpc) is 2.64. The van der Waals surface area contributed by atoms with Crippen molar-refractivity contribution in [3.8, 4) is 5.75 Å². The number of hydrogen-bond donors (Lipinski definition) is 1. The van der Waals surface area contributed by atoms with E-state index in [-0.39, 0.29) is 11.1 Å². The van der Waals surface area contributed by atoms with Gasteiger partial charge in [0.05, 0.1) is 17.6 Å². The molecule has 2 aromatic carbocycles. The molecule has 0 fully saturated rings. The van der Waals surface area contributed by atoms with Gasteiger partial charge in [-0.05, 0) is 54.8 Å². The van der Waals surface area contributed by atoms with E-state index in [1.165, 1.54) is 7.11 Å². The van der Waals surface area contributed by atoms with Gasteiger partial charge in [0.15, 0.2) is 0 Å². The quantitative estimate of drug-likeness (QED) is 0.637. The van der Waals surface area contributed by atoms with Crippen molar-refractivity contribution in [1.29, 1.82) is 0 Å². The van der Waals surface area contributed by atoms with Gasteiger partial charge in [0.2, 0.25) is 0 Å². The molecule has 1 N–H and O–H groups in total. The second kappa shape index (κ2) is 7.02. The number of amides is 1. The van der Waals surface area contributed by atoms with Crippen molar-refractivity contribution in [2.75, 3.05) is 12.4 Å². The first-order chi connectivity index (χ1) is 13.0. The maximum atomic E-state index is 12.9. The van der Waals surface area contributed by atoms with Crippen molar-refractivity contribution in [3.05, 3.63) is 67.4 Å². The Morgan fingerprint density at radius 1 is 1.26 bits per heavy atom. The molecule has 4 rings (SSSR count). The van der Waals surface area contributed by atoms with Gasteiger partial charge in [-0.25, -0.2) is 0 Å². The summed E-state index contributed by atoms with van der Waals surface area (Å²) in [6.45, 7) is 0.611. The molecule has 0 saturated carbocycles. The number of carbonyl (C=O) groups excluding carboxylic acids is 1. The van der Waals surface area contributed by atoms with Crippen LogP contribution >= 0.6 is 27.5 Å². The molecule has 0 atom stereocenters. The highest BCUT2D eigenvalue weighted by molar-refractivity contribution is 9.10. The van der Waals surface area contributed by atoms with Gasteiger partial charge in [0.1, 0.15) is 11.3 Å². The van der Waals surface area contributed by atoms with Crippen LogP contribution in [0.5, 0.6) is 5.75 Å². The highest BCUT2D eigenvalue weighted by Gasteiger charge is 2.20. The standard InChI is InChI=1S/C20H16BrClN2O3/c1-27-17-5-4-14(10-16(17)22)23-19(25)15-9-12-8-13(21)7-11-3-2-6-24(18(11)12)20(15)26/h4-5,7-10H,2-3,6H2,1H3,(H,23,25). The Morgan fingerprint density at radius 2 is 2.07 bits per heavy atom. The Morgan fingerprint density at radius 3 is 2.81 bits per heavy atom. The number of nitrogens with one attached hydrogen (secondary N) is 1. The van der Waals surface area contributed by atoms with Crippen LogP contribution in [0.15, 0.2) is 45.7 Å². The molecule has 5 nitrogen and oxygen atoms in total. The van der Waals surface area contributed by atoms with Crippen LogP contribution < -0.4 is 15.6 Å². The largest absolute Gasteiger partial charge is 0.495 e. The Balaban J connectivity index is 1.78. The zero-order valence-electron chi connectivity index (χ0n) is 14.5. The molecule has 0 bridgehead atoms. The van der Waals surface area contributed by atoms with Gasteiger partial charge in [-0.1, -0.05) is 27.5 Å². The highest BCUT2D eigenvalue weighted by atomic mass is 79.9. The van der Waals surface area contributed by atoms with Crippen LogP contribution in [-0.2, 0) is 13.0 Å². The third-order valence-electron chi connectivity index (χ3n) is 4.71. The summed E-state index contributed by atoms with van der Waals surface area (Å²) in [6, 6.07) is 10.6. The Labute approximate surface area is 169 Å². The molecule has 27 heavy (non-hydrogen) atoms. The zero-order valence-corrected chi connectivity index (χ0v) is 16.9. The monoisotopic (exact) mass is 446 g/mol. The maximum Gasteiger partial charge on any atom is 0.263 e. The number of hydrogen-bond acceptors (Lipinski definition) is 3. The van der Waals surface area contributed by atoms with Crippen LogP contribution in [0, 0.1) is 0 Å². The number of ether oxygens (including phenoxy) is 1. The molecular formula is C20H16BrClN2O3. The number of benzene rings is 2. The summed E-state index contributed by atoms with van der Waals surface area (Å²) in [7, 11) is 1.52. The fourth-order valence-corrected chi connectivity index (χ4v) is 4.30. The van der Waals surface area contributed by atoms with E-state index in [2.05, 4.69) is 21.2 Å². The van der Waals surface area contributed by atoms with Gasteiger partial charge in [0.25, 0.3) is 11.5 Å². The molecule has 7 heteroatoms. The van der Waals surface area contributed by atoms with Crippen LogP contribution in [0.1, 0.15) is 22.3 Å². The zero-order chi connectivity index (χ0) is 19.1. The number of pyridine rings is 1. The number of halogens is 2. The Hall–Kier alpha value is -2.31. The predicted octanol–water partition coefficient (Wildman–Crippen LogP) is 4.62. The molecule has 0 aliphatic carbocycles. The lowest BCUT2D eigenvalue weighted by Gasteiger charge is -2.20. The van der Waals surface area contributed by atoms with Crippen LogP contribution in [0.2, 0.25) is 5.02 Å². The van der Waals surface area contributed by atoms with Crippen molar-refractivity contribution >= 4 is 50.0 Å². The van der Waals surface area contributed by atoms with Gasteiger partial charge >= 0.3 is 0 Å². The lowest BCUT2D eigenvalue weighted by Crippen LogP contribution is -2.31. The SMILES string of the molecule is COc1ccc(NC(=O)c2cc3cc(Br)cc4c3n(c2=O)CCC4)cc1Cl. The van der Waals surface area contributed by atoms with E-state index in [9.17, 15) is 9.59 Å². The minimum absolute atomic E-state index is 0.111. The summed E-state index contributed by atoms with van der Waals surface area (Å²) < 4.78 is 7.75. The molecule has 3 aromatic rings. The number of nitrogens with zero attached hydrogens (tertiary/aromatic N) is 1. The minimum Gasteiger partial charge on any atom is -0.495 e. The first kappa shape index (κ1) is 18.1. The molecular weight excluding hydrogens is 432 g/mol. The summed E-state index contributed by atoms with van der Waals surface area (Å²) in [6.07, 6.45) is 1.79. The van der Waals surface area contributed by atoms with Gasteiger partial charge in [-0.15, -0.1) is 0 Å². The molecule has 138 valence electrons. The fraction of sp³-hybridized carbons (Fsp3) is 0.200. The topological polar surface area (TPSA) is 60.3 Å². The van der Waals surface area contributed by atoms with Crippen molar-refractivity contribution in [1.82, 2.24) is 4.57 Å². The first-order valence-electron chi connectivity index (χ1n) is 8.49. The summed E-state index contributed by atoms with van der Waals surface area (Å²) in [5, 5.41) is 4.01. The van der Waals surface area contributed by atoms with E-state index < -0.39 is 5.91 Å². The molecule has 0 radical (unpaired) electrons. The fourth-order valence-electron chi connectivity index (χ4n) is 3.52. The summed E-state index contributed by atoms with van der Waals surface area (Å²) in [4.78, 5) is 25.7. The predicted molar refractivity (Wildman–Crippen MR) is 110 cm³/mol. The number of methoxy groups -OCH3 is 1. The number of rotatable bonds is 3. The van der Waals surface area contributed by atoms with Gasteiger partial charge in [-0.2, -0.15) is 0 Å². The van der Waals surface area contributed by atoms with Crippen LogP contribution in [0.3, 0.4) is 0 Å². The summed E-state index contributed by atoms with van der Waals surface area (Å²) >= 11 is 9.62. The Kier molecular flexibility index (Phi) is 4.70. The second-order valence-electron chi connectivity index (χ2n) is 6.42. The molecule has 0 saturated heterocycles. The summed E-state index contributed by atoms with van der Waals surface area (Å²) in [5.74, 6) is 0.0567. The van der Waals surface area contributed by atoms with Crippen LogP contribution in [-0.4, -0.2) is 17.6 Å². The van der Waals surface area contributed by atoms with E-state index in [4.69, 9.17) is 16.3 Å². The van der Waals surface area contributed by atoms with Crippen molar-refractivity contribution in [3.63, 3.8) is 0 Å². The third kappa shape index (κ3) is 3.24. The Bertz CT molecular complexity index is 1140. The first-order valence-corrected chi connectivity index (χ1v) is 9.66. The second-order valence-corrected chi connectivity index (χ2v) is 7.75. The summed E-state index contributed by atoms with van der Waals surface area (Å²) in [5.41, 5.74) is 2.37. The normalized spacial score (nSPS) is 12.9. The molecule has 1 aliphatic heterocycles. The molecule has 1 amide bonds. The number of aryl methyl sites for hydroxylation is 2. The van der Waals surface area contributed by atoms with Crippen molar-refractivity contribution < 1.29 is 9.53 Å². The molecule has 1 aliphatic rings. The molecule has 1 aromatic heterocycles. The molecule has 0 unspecified atom stereocenters. The van der Waals surface area contributed by atoms with Crippen molar-refractivity contribution in [2.45, 2.75) is 19.4 Å². The van der Waals surface area contributed by atoms with Gasteiger partial charge in [-0.3, -0.25) is 9.59 Å². The third-order valence-corrected chi connectivity index (χ3v) is 5.46. The van der Waals surface area contributed by atoms with Crippen LogP contribution in [0.25, 0.3) is 10.9 Å². The van der Waals surface area contributed by atoms with E-state index in [1.54, 1.807) is 28.8 Å². The van der Waals surface area contributed by atoms with E-state index in [1.807, 2.05) is 12.1 Å². The molecule has 2 heterocycles. The number of carbonyl (C=O) groups is 1. The molecule has 0 spiro atoms. The minimum atomic E-state index is -0.459. The smallest absolute Gasteiger partial charge is 0.263 e. The van der Waals surface area contributed by atoms with Crippen molar-refractivity contribution in [2.24, 2.45) is 0 Å². The van der Waals surface area contributed by atoms with Gasteiger partial charge < -0.3 is 14.6 Å². The lowest BCUT2D eigenvalue weighted by molar-refractivity contribution is 0.102. The van der Waals surface area contributed by atoms with E-state index in [0.29, 0.717) is 23.0 Å². The number of aromatic nitrogens is 1. The van der Waals surface area contributed by atoms with E-state index >= 15 is 0 Å². The lowest BCUT2D eigenvalue weighted by atomic mass is 10.00. The van der Waals surface area contributed by atoms with Crippen LogP contribution in [0.4, 0.5) is 5.69 Å². The van der Waals surface area contributed by atoms with Gasteiger partial charge in [0, 0.05) is 22.1 Å². The maximum absolute atomic E-state index is 12.9. The number of anilines is 1. The van der Waals surface area contributed by atoms with E-state index in [0.717, 1.165) is 33.8 Å². The highest BCUT2D eigenvalue weighted by Crippen LogP contribution is 2.29.